The van der Waals surface area contributed by atoms with Crippen LogP contribution in [0.3, 0.4) is 0 Å². The zero-order valence-corrected chi connectivity index (χ0v) is 16.7. The lowest BCUT2D eigenvalue weighted by Gasteiger charge is -2.20. The van der Waals surface area contributed by atoms with Crippen LogP contribution in [0.2, 0.25) is 5.02 Å². The molecule has 1 aromatic carbocycles. The molecule has 1 amide bonds. The Bertz CT molecular complexity index is 1120. The van der Waals surface area contributed by atoms with Gasteiger partial charge in [-0.25, -0.2) is 4.98 Å². The topological polar surface area (TPSA) is 104 Å². The Labute approximate surface area is 170 Å². The van der Waals surface area contributed by atoms with Crippen LogP contribution in [0, 0.1) is 0 Å². The molecule has 0 saturated heterocycles. The van der Waals surface area contributed by atoms with E-state index >= 15 is 0 Å². The molecule has 7 nitrogen and oxygen atoms in total. The average Bonchev–Trinajstić information content (AvgIpc) is 3.28. The predicted molar refractivity (Wildman–Crippen MR) is 110 cm³/mol. The van der Waals surface area contributed by atoms with Crippen molar-refractivity contribution in [2.45, 2.75) is 13.0 Å². The number of nitrogens with one attached hydrogen (secondary N) is 2. The summed E-state index contributed by atoms with van der Waals surface area (Å²) in [5.74, 6) is -0.783. The van der Waals surface area contributed by atoms with Gasteiger partial charge in [-0.3, -0.25) is 9.59 Å². The van der Waals surface area contributed by atoms with E-state index in [1.807, 2.05) is 7.05 Å². The van der Waals surface area contributed by atoms with Crippen LogP contribution in [0.5, 0.6) is 0 Å². The van der Waals surface area contributed by atoms with Gasteiger partial charge < -0.3 is 20.9 Å². The highest BCUT2D eigenvalue weighted by atomic mass is 35.5. The van der Waals surface area contributed by atoms with E-state index in [1.165, 1.54) is 17.5 Å². The third-order valence-corrected chi connectivity index (χ3v) is 5.88. The first-order chi connectivity index (χ1) is 13.4. The van der Waals surface area contributed by atoms with E-state index in [0.29, 0.717) is 15.7 Å². The summed E-state index contributed by atoms with van der Waals surface area (Å²) >= 11 is 7.34. The lowest BCUT2D eigenvalue weighted by molar-refractivity contribution is 0.0969. The maximum absolute atomic E-state index is 12.5. The standard InChI is InChI=1S/C19H18ClN5O2S/c1-25-5-4-14-16(9-25)28-19(24-14)18(27)22-8-12(21)17(26)15-7-10-6-11(20)2-3-13(10)23-15/h2-3,6-8,23H,4-5,9,21H2,1H3,(H,22,27)/b12-8+. The molecular formula is C19H18ClN5O2S. The molecule has 144 valence electrons. The second kappa shape index (κ2) is 7.38. The van der Waals surface area contributed by atoms with Crippen molar-refractivity contribution in [3.63, 3.8) is 0 Å². The second-order valence-corrected chi connectivity index (χ2v) is 8.21. The van der Waals surface area contributed by atoms with Gasteiger partial charge in [0.25, 0.3) is 5.91 Å². The van der Waals surface area contributed by atoms with Crippen molar-refractivity contribution < 1.29 is 9.59 Å². The van der Waals surface area contributed by atoms with Crippen LogP contribution >= 0.6 is 22.9 Å². The summed E-state index contributed by atoms with van der Waals surface area (Å²) in [4.78, 5) is 35.6. The molecule has 0 bridgehead atoms. The summed E-state index contributed by atoms with van der Waals surface area (Å²) < 4.78 is 0. The number of amides is 1. The Morgan fingerprint density at radius 2 is 2.21 bits per heavy atom. The fraction of sp³-hybridized carbons (Fsp3) is 0.211. The first kappa shape index (κ1) is 18.7. The number of hydrogen-bond donors (Lipinski definition) is 3. The number of fused-ring (bicyclic) bond motifs is 2. The number of H-pyrrole nitrogens is 1. The number of nitrogens with zero attached hydrogens (tertiary/aromatic N) is 2. The first-order valence-electron chi connectivity index (χ1n) is 8.67. The minimum atomic E-state index is -0.410. The monoisotopic (exact) mass is 415 g/mol. The maximum Gasteiger partial charge on any atom is 0.284 e. The van der Waals surface area contributed by atoms with Crippen LogP contribution in [0.1, 0.15) is 30.9 Å². The minimum Gasteiger partial charge on any atom is -0.394 e. The Morgan fingerprint density at radius 1 is 1.39 bits per heavy atom. The Balaban J connectivity index is 1.47. The van der Waals surface area contributed by atoms with Crippen molar-refractivity contribution in [2.75, 3.05) is 13.6 Å². The van der Waals surface area contributed by atoms with Gasteiger partial charge in [-0.1, -0.05) is 11.6 Å². The second-order valence-electron chi connectivity index (χ2n) is 6.69. The normalized spacial score (nSPS) is 14.9. The highest BCUT2D eigenvalue weighted by Gasteiger charge is 2.21. The van der Waals surface area contributed by atoms with Crippen molar-refractivity contribution in [3.05, 3.63) is 62.5 Å². The number of halogens is 1. The summed E-state index contributed by atoms with van der Waals surface area (Å²) in [6.07, 6.45) is 2.05. The number of benzene rings is 1. The van der Waals surface area contributed by atoms with Crippen LogP contribution in [-0.4, -0.2) is 40.2 Å². The molecule has 9 heteroatoms. The number of hydrogen-bond acceptors (Lipinski definition) is 6. The lowest BCUT2D eigenvalue weighted by Crippen LogP contribution is -2.25. The van der Waals surface area contributed by atoms with Crippen LogP contribution in [0.4, 0.5) is 0 Å². The number of aromatic nitrogens is 2. The molecule has 3 heterocycles. The van der Waals surface area contributed by atoms with Gasteiger partial charge in [-0.15, -0.1) is 11.3 Å². The largest absolute Gasteiger partial charge is 0.394 e. The van der Waals surface area contributed by atoms with Crippen LogP contribution < -0.4 is 11.1 Å². The predicted octanol–water partition coefficient (Wildman–Crippen LogP) is 2.68. The number of nitrogens with two attached hydrogens (primary N) is 1. The summed E-state index contributed by atoms with van der Waals surface area (Å²) in [5, 5.41) is 4.33. The van der Waals surface area contributed by atoms with E-state index < -0.39 is 5.78 Å². The SMILES string of the molecule is CN1CCc2nc(C(=O)N/C=C(/N)C(=O)c3cc4cc(Cl)ccc4[nH]3)sc2C1. The van der Waals surface area contributed by atoms with Crippen molar-refractivity contribution in [2.24, 2.45) is 5.73 Å². The van der Waals surface area contributed by atoms with Gasteiger partial charge in [0.2, 0.25) is 5.78 Å². The molecule has 0 radical (unpaired) electrons. The van der Waals surface area contributed by atoms with Gasteiger partial charge in [0.05, 0.1) is 17.1 Å². The Morgan fingerprint density at radius 3 is 3.04 bits per heavy atom. The van der Waals surface area contributed by atoms with E-state index in [1.54, 1.807) is 24.3 Å². The smallest absolute Gasteiger partial charge is 0.284 e. The highest BCUT2D eigenvalue weighted by molar-refractivity contribution is 7.13. The molecule has 0 saturated carbocycles. The van der Waals surface area contributed by atoms with E-state index in [-0.39, 0.29) is 11.6 Å². The molecular weight excluding hydrogens is 398 g/mol. The number of Topliss-reactive ketones (excluding diaryl/α,β-unsaturated/α-hetero) is 1. The van der Waals surface area contributed by atoms with Crippen LogP contribution in [-0.2, 0) is 13.0 Å². The molecule has 0 fully saturated rings. The quantitative estimate of drug-likeness (QED) is 0.449. The van der Waals surface area contributed by atoms with E-state index in [9.17, 15) is 9.59 Å². The van der Waals surface area contributed by atoms with E-state index in [2.05, 4.69) is 20.2 Å². The van der Waals surface area contributed by atoms with Gasteiger partial charge in [-0.2, -0.15) is 0 Å². The molecule has 2 aromatic heterocycles. The fourth-order valence-electron chi connectivity index (χ4n) is 3.07. The highest BCUT2D eigenvalue weighted by Crippen LogP contribution is 2.24. The summed E-state index contributed by atoms with van der Waals surface area (Å²) in [7, 11) is 2.04. The van der Waals surface area contributed by atoms with E-state index in [4.69, 9.17) is 17.3 Å². The number of thiazole rings is 1. The van der Waals surface area contributed by atoms with Crippen molar-refractivity contribution in [3.8, 4) is 0 Å². The molecule has 1 aliphatic heterocycles. The number of ketones is 1. The molecule has 4 N–H and O–H groups in total. The lowest BCUT2D eigenvalue weighted by atomic mass is 10.2. The van der Waals surface area contributed by atoms with E-state index in [0.717, 1.165) is 41.0 Å². The van der Waals surface area contributed by atoms with Crippen LogP contribution in [0.15, 0.2) is 36.2 Å². The number of aromatic amines is 1. The first-order valence-corrected chi connectivity index (χ1v) is 9.87. The molecule has 3 aromatic rings. The number of carbonyl (C=O) groups excluding carboxylic acids is 2. The number of carbonyl (C=O) groups is 2. The van der Waals surface area contributed by atoms with Gasteiger partial charge in [0.15, 0.2) is 5.01 Å². The number of allylic oxidation sites excluding steroid dienone is 1. The molecule has 0 spiro atoms. The molecule has 0 atom stereocenters. The number of likely N-dealkylation sites (N-methyl/N-ethyl adjacent to an activating group) is 1. The Kier molecular flexibility index (Phi) is 4.92. The molecule has 4 rings (SSSR count). The fourth-order valence-corrected chi connectivity index (χ4v) is 4.34. The van der Waals surface area contributed by atoms with Crippen molar-refractivity contribution >= 4 is 45.5 Å². The van der Waals surface area contributed by atoms with Gasteiger partial charge in [0, 0.05) is 46.5 Å². The summed E-state index contributed by atoms with van der Waals surface area (Å²) in [6.45, 7) is 1.72. The summed E-state index contributed by atoms with van der Waals surface area (Å²) in [6, 6.07) is 6.96. The van der Waals surface area contributed by atoms with Gasteiger partial charge >= 0.3 is 0 Å². The van der Waals surface area contributed by atoms with Crippen molar-refractivity contribution in [1.29, 1.82) is 0 Å². The minimum absolute atomic E-state index is 0.0768. The zero-order valence-electron chi connectivity index (χ0n) is 15.1. The van der Waals surface area contributed by atoms with Gasteiger partial charge in [-0.05, 0) is 31.3 Å². The molecule has 0 unspecified atom stereocenters. The molecule has 28 heavy (non-hydrogen) atoms. The maximum atomic E-state index is 12.5. The Hall–Kier alpha value is -2.68. The zero-order chi connectivity index (χ0) is 19.8. The van der Waals surface area contributed by atoms with Gasteiger partial charge in [0.1, 0.15) is 0 Å². The molecule has 0 aliphatic carbocycles. The average molecular weight is 416 g/mol. The molecule has 1 aliphatic rings. The number of rotatable bonds is 4. The van der Waals surface area contributed by atoms with Crippen molar-refractivity contribution in [1.82, 2.24) is 20.2 Å². The summed E-state index contributed by atoms with van der Waals surface area (Å²) in [5.41, 5.74) is 7.87. The third kappa shape index (κ3) is 3.66. The third-order valence-electron chi connectivity index (χ3n) is 4.56. The van der Waals surface area contributed by atoms with Crippen LogP contribution in [0.25, 0.3) is 10.9 Å².